The van der Waals surface area contributed by atoms with Crippen LogP contribution in [-0.2, 0) is 4.74 Å². The molecule has 0 heterocycles. The molecule has 0 aromatic heterocycles. The van der Waals surface area contributed by atoms with E-state index in [0.717, 1.165) is 12.8 Å². The fourth-order valence-corrected chi connectivity index (χ4v) is 2.10. The summed E-state index contributed by atoms with van der Waals surface area (Å²) >= 11 is 0. The highest BCUT2D eigenvalue weighted by atomic mass is 16.5. The molecule has 0 saturated carbocycles. The van der Waals surface area contributed by atoms with E-state index >= 15 is 0 Å². The topological polar surface area (TPSA) is 61.8 Å². The highest BCUT2D eigenvalue weighted by molar-refractivity contribution is 5.92. The van der Waals surface area contributed by atoms with Crippen molar-refractivity contribution in [2.75, 3.05) is 13.2 Å². The van der Waals surface area contributed by atoms with Gasteiger partial charge in [-0.1, -0.05) is 19.4 Å². The Morgan fingerprint density at radius 1 is 0.880 bits per heavy atom. The molecule has 0 aliphatic rings. The first-order chi connectivity index (χ1) is 12.1. The van der Waals surface area contributed by atoms with Crippen molar-refractivity contribution < 1.29 is 23.8 Å². The molecule has 0 radical (unpaired) electrons. The first kappa shape index (κ1) is 18.5. The van der Waals surface area contributed by atoms with Gasteiger partial charge in [0, 0.05) is 0 Å². The van der Waals surface area contributed by atoms with Gasteiger partial charge in [-0.2, -0.15) is 0 Å². The summed E-state index contributed by atoms with van der Waals surface area (Å²) in [5, 5.41) is 0. The molecular weight excluding hydrogens is 320 g/mol. The van der Waals surface area contributed by atoms with Crippen LogP contribution in [0.25, 0.3) is 0 Å². The van der Waals surface area contributed by atoms with Crippen molar-refractivity contribution in [2.45, 2.75) is 26.7 Å². The van der Waals surface area contributed by atoms with E-state index in [9.17, 15) is 9.59 Å². The van der Waals surface area contributed by atoms with Crippen LogP contribution in [0.15, 0.2) is 48.5 Å². The lowest BCUT2D eigenvalue weighted by molar-refractivity contribution is 0.0499. The van der Waals surface area contributed by atoms with Crippen LogP contribution in [-0.4, -0.2) is 25.2 Å². The van der Waals surface area contributed by atoms with Crippen LogP contribution in [0.5, 0.6) is 11.5 Å². The molecule has 0 atom stereocenters. The zero-order valence-electron chi connectivity index (χ0n) is 14.5. The summed E-state index contributed by atoms with van der Waals surface area (Å²) in [7, 11) is 0. The van der Waals surface area contributed by atoms with E-state index in [1.54, 1.807) is 48.5 Å². The van der Waals surface area contributed by atoms with E-state index in [4.69, 9.17) is 14.2 Å². The van der Waals surface area contributed by atoms with E-state index in [-0.39, 0.29) is 5.97 Å². The second-order valence-corrected chi connectivity index (χ2v) is 5.36. The van der Waals surface area contributed by atoms with Gasteiger partial charge in [-0.05, 0) is 55.8 Å². The van der Waals surface area contributed by atoms with Crippen LogP contribution < -0.4 is 9.47 Å². The minimum absolute atomic E-state index is 0.358. The van der Waals surface area contributed by atoms with E-state index in [1.807, 2.05) is 13.8 Å². The quantitative estimate of drug-likeness (QED) is 0.407. The Balaban J connectivity index is 1.97. The Labute approximate surface area is 147 Å². The van der Waals surface area contributed by atoms with Crippen molar-refractivity contribution >= 4 is 11.9 Å². The average molecular weight is 342 g/mol. The Hall–Kier alpha value is -2.82. The van der Waals surface area contributed by atoms with Crippen LogP contribution in [0.3, 0.4) is 0 Å². The number of unbranched alkanes of at least 4 members (excludes halogenated alkanes) is 1. The number of esters is 2. The molecule has 0 fully saturated rings. The molecule has 0 N–H and O–H groups in total. The lowest BCUT2D eigenvalue weighted by Gasteiger charge is -2.08. The van der Waals surface area contributed by atoms with Gasteiger partial charge >= 0.3 is 11.9 Å². The summed E-state index contributed by atoms with van der Waals surface area (Å²) in [5.74, 6) is 0.106. The minimum atomic E-state index is -0.486. The van der Waals surface area contributed by atoms with Crippen molar-refractivity contribution in [3.8, 4) is 11.5 Å². The number of carbonyl (C=O) groups excluding carboxylic acids is 2. The van der Waals surface area contributed by atoms with Crippen LogP contribution >= 0.6 is 0 Å². The van der Waals surface area contributed by atoms with Gasteiger partial charge in [-0.3, -0.25) is 0 Å². The Morgan fingerprint density at radius 3 is 2.32 bits per heavy atom. The molecule has 0 bridgehead atoms. The minimum Gasteiger partial charge on any atom is -0.494 e. The summed E-state index contributed by atoms with van der Waals surface area (Å²) in [4.78, 5) is 24.0. The first-order valence-electron chi connectivity index (χ1n) is 8.36. The summed E-state index contributed by atoms with van der Waals surface area (Å²) in [6.45, 7) is 4.83. The maximum Gasteiger partial charge on any atom is 0.343 e. The molecule has 2 rings (SSSR count). The van der Waals surface area contributed by atoms with Gasteiger partial charge in [0.1, 0.15) is 11.5 Å². The summed E-state index contributed by atoms with van der Waals surface area (Å²) in [6, 6.07) is 13.1. The molecule has 0 unspecified atom stereocenters. The zero-order chi connectivity index (χ0) is 18.1. The number of hydrogen-bond acceptors (Lipinski definition) is 5. The smallest absolute Gasteiger partial charge is 0.343 e. The molecule has 0 aliphatic heterocycles. The van der Waals surface area contributed by atoms with Gasteiger partial charge in [0.2, 0.25) is 0 Å². The third-order valence-corrected chi connectivity index (χ3v) is 3.41. The van der Waals surface area contributed by atoms with Crippen LogP contribution in [0.4, 0.5) is 0 Å². The van der Waals surface area contributed by atoms with Crippen molar-refractivity contribution in [1.29, 1.82) is 0 Å². The molecule has 0 saturated heterocycles. The molecule has 2 aromatic rings. The predicted octanol–water partition coefficient (Wildman–Crippen LogP) is 4.26. The van der Waals surface area contributed by atoms with Crippen LogP contribution in [0.1, 0.15) is 47.4 Å². The Bertz CT molecular complexity index is 706. The SMILES string of the molecule is CCCCOC(=O)c1ccc(OC(=O)c2cccc(OCC)c2)cc1. The number of benzene rings is 2. The number of hydrogen-bond donors (Lipinski definition) is 0. The molecule has 132 valence electrons. The maximum absolute atomic E-state index is 12.2. The zero-order valence-corrected chi connectivity index (χ0v) is 14.5. The van der Waals surface area contributed by atoms with E-state index in [1.165, 1.54) is 0 Å². The van der Waals surface area contributed by atoms with Gasteiger partial charge in [-0.25, -0.2) is 9.59 Å². The fraction of sp³-hybridized carbons (Fsp3) is 0.300. The lowest BCUT2D eigenvalue weighted by Crippen LogP contribution is -2.09. The van der Waals surface area contributed by atoms with Crippen molar-refractivity contribution in [3.63, 3.8) is 0 Å². The Morgan fingerprint density at radius 2 is 1.64 bits per heavy atom. The summed E-state index contributed by atoms with van der Waals surface area (Å²) < 4.78 is 15.8. The van der Waals surface area contributed by atoms with Gasteiger partial charge in [0.05, 0.1) is 24.3 Å². The molecule has 0 aliphatic carbocycles. The highest BCUT2D eigenvalue weighted by Gasteiger charge is 2.11. The number of ether oxygens (including phenoxy) is 3. The third-order valence-electron chi connectivity index (χ3n) is 3.41. The summed E-state index contributed by atoms with van der Waals surface area (Å²) in [5.41, 5.74) is 0.822. The molecule has 2 aromatic carbocycles. The molecule has 25 heavy (non-hydrogen) atoms. The lowest BCUT2D eigenvalue weighted by atomic mass is 10.2. The van der Waals surface area contributed by atoms with Gasteiger partial charge in [-0.15, -0.1) is 0 Å². The monoisotopic (exact) mass is 342 g/mol. The normalized spacial score (nSPS) is 10.2. The average Bonchev–Trinajstić information content (AvgIpc) is 2.63. The van der Waals surface area contributed by atoms with Crippen molar-refractivity contribution in [2.24, 2.45) is 0 Å². The molecule has 0 spiro atoms. The summed E-state index contributed by atoms with van der Waals surface area (Å²) in [6.07, 6.45) is 1.80. The van der Waals surface area contributed by atoms with Crippen LogP contribution in [0, 0.1) is 0 Å². The number of carbonyl (C=O) groups is 2. The molecule has 5 heteroatoms. The second kappa shape index (κ2) is 9.47. The highest BCUT2D eigenvalue weighted by Crippen LogP contribution is 2.18. The third kappa shape index (κ3) is 5.64. The fourth-order valence-electron chi connectivity index (χ4n) is 2.10. The Kier molecular flexibility index (Phi) is 7.01. The maximum atomic E-state index is 12.2. The largest absolute Gasteiger partial charge is 0.494 e. The first-order valence-corrected chi connectivity index (χ1v) is 8.36. The molecule has 5 nitrogen and oxygen atoms in total. The van der Waals surface area contributed by atoms with E-state index in [2.05, 4.69) is 0 Å². The van der Waals surface area contributed by atoms with E-state index < -0.39 is 5.97 Å². The molecular formula is C20H22O5. The predicted molar refractivity (Wildman–Crippen MR) is 94.2 cm³/mol. The van der Waals surface area contributed by atoms with Gasteiger partial charge in [0.15, 0.2) is 0 Å². The van der Waals surface area contributed by atoms with Crippen LogP contribution in [0.2, 0.25) is 0 Å². The van der Waals surface area contributed by atoms with E-state index in [0.29, 0.717) is 35.8 Å². The second-order valence-electron chi connectivity index (χ2n) is 5.36. The van der Waals surface area contributed by atoms with Gasteiger partial charge < -0.3 is 14.2 Å². The van der Waals surface area contributed by atoms with Crippen molar-refractivity contribution in [3.05, 3.63) is 59.7 Å². The number of rotatable bonds is 8. The molecule has 0 amide bonds. The standard InChI is InChI=1S/C20H22O5/c1-3-5-13-24-19(21)15-9-11-17(12-10-15)25-20(22)16-7-6-8-18(14-16)23-4-2/h6-12,14H,3-5,13H2,1-2H3. The van der Waals surface area contributed by atoms with Gasteiger partial charge in [0.25, 0.3) is 0 Å². The van der Waals surface area contributed by atoms with Crippen molar-refractivity contribution in [1.82, 2.24) is 0 Å².